The van der Waals surface area contributed by atoms with E-state index in [1.807, 2.05) is 0 Å². The summed E-state index contributed by atoms with van der Waals surface area (Å²) in [6, 6.07) is 5.11. The van der Waals surface area contributed by atoms with Crippen molar-refractivity contribution in [3.8, 4) is 11.5 Å². The molecule has 18 heavy (non-hydrogen) atoms. The maximum absolute atomic E-state index is 12.4. The summed E-state index contributed by atoms with van der Waals surface area (Å²) in [5.74, 6) is 0.434. The Morgan fingerprint density at radius 2 is 2.11 bits per heavy atom. The third kappa shape index (κ3) is 4.49. The molecular formula is C13H19F2NO2. The fourth-order valence-corrected chi connectivity index (χ4v) is 1.61. The van der Waals surface area contributed by atoms with E-state index in [9.17, 15) is 8.78 Å². The van der Waals surface area contributed by atoms with Gasteiger partial charge in [-0.25, -0.2) is 0 Å². The van der Waals surface area contributed by atoms with Crippen LogP contribution in [0.4, 0.5) is 8.78 Å². The molecule has 0 aliphatic heterocycles. The van der Waals surface area contributed by atoms with Crippen LogP contribution in [-0.4, -0.2) is 20.3 Å². The SMILES string of the molecule is CCCCNCc1cccc(OC)c1OC(F)F. The van der Waals surface area contributed by atoms with Gasteiger partial charge in [0.15, 0.2) is 11.5 Å². The molecule has 102 valence electrons. The molecule has 0 fully saturated rings. The summed E-state index contributed by atoms with van der Waals surface area (Å²) in [5, 5.41) is 3.19. The fraction of sp³-hybridized carbons (Fsp3) is 0.538. The van der Waals surface area contributed by atoms with Crippen molar-refractivity contribution in [2.75, 3.05) is 13.7 Å². The summed E-state index contributed by atoms with van der Waals surface area (Å²) in [4.78, 5) is 0. The molecule has 3 nitrogen and oxygen atoms in total. The van der Waals surface area contributed by atoms with Crippen molar-refractivity contribution in [2.24, 2.45) is 0 Å². The van der Waals surface area contributed by atoms with E-state index in [-0.39, 0.29) is 5.75 Å². The zero-order valence-corrected chi connectivity index (χ0v) is 10.7. The van der Waals surface area contributed by atoms with Gasteiger partial charge in [0, 0.05) is 12.1 Å². The molecule has 0 amide bonds. The molecular weight excluding hydrogens is 240 g/mol. The van der Waals surface area contributed by atoms with E-state index < -0.39 is 6.61 Å². The fourth-order valence-electron chi connectivity index (χ4n) is 1.61. The van der Waals surface area contributed by atoms with Crippen molar-refractivity contribution in [1.82, 2.24) is 5.32 Å². The van der Waals surface area contributed by atoms with Crippen molar-refractivity contribution in [3.05, 3.63) is 23.8 Å². The Balaban J connectivity index is 2.75. The normalized spacial score (nSPS) is 10.7. The number of hydrogen-bond acceptors (Lipinski definition) is 3. The Morgan fingerprint density at radius 1 is 1.33 bits per heavy atom. The molecule has 0 heterocycles. The molecule has 5 heteroatoms. The standard InChI is InChI=1S/C13H19F2NO2/c1-3-4-8-16-9-10-6-5-7-11(17-2)12(10)18-13(14)15/h5-7,13,16H,3-4,8-9H2,1-2H3. The predicted octanol–water partition coefficient (Wildman–Crippen LogP) is 3.19. The molecule has 1 aromatic carbocycles. The zero-order valence-electron chi connectivity index (χ0n) is 10.7. The Labute approximate surface area is 106 Å². The van der Waals surface area contributed by atoms with Crippen LogP contribution in [0, 0.1) is 0 Å². The van der Waals surface area contributed by atoms with Gasteiger partial charge in [0.05, 0.1) is 7.11 Å². The number of unbranched alkanes of at least 4 members (excludes halogenated alkanes) is 1. The zero-order chi connectivity index (χ0) is 13.4. The lowest BCUT2D eigenvalue weighted by molar-refractivity contribution is -0.0518. The topological polar surface area (TPSA) is 30.5 Å². The van der Waals surface area contributed by atoms with Crippen molar-refractivity contribution in [3.63, 3.8) is 0 Å². The lowest BCUT2D eigenvalue weighted by Crippen LogP contribution is -2.16. The monoisotopic (exact) mass is 259 g/mol. The maximum atomic E-state index is 12.4. The Morgan fingerprint density at radius 3 is 2.72 bits per heavy atom. The number of hydrogen-bond donors (Lipinski definition) is 1. The molecule has 0 saturated carbocycles. The highest BCUT2D eigenvalue weighted by molar-refractivity contribution is 5.46. The van der Waals surface area contributed by atoms with E-state index in [4.69, 9.17) is 4.74 Å². The van der Waals surface area contributed by atoms with Crippen LogP contribution in [0.25, 0.3) is 0 Å². The summed E-state index contributed by atoms with van der Waals surface area (Å²) in [7, 11) is 1.43. The minimum absolute atomic E-state index is 0.110. The van der Waals surface area contributed by atoms with Crippen LogP contribution in [0.5, 0.6) is 11.5 Å². The van der Waals surface area contributed by atoms with Crippen molar-refractivity contribution in [2.45, 2.75) is 32.9 Å². The molecule has 0 aliphatic rings. The molecule has 1 aromatic rings. The highest BCUT2D eigenvalue weighted by Gasteiger charge is 2.14. The van der Waals surface area contributed by atoms with Crippen molar-refractivity contribution < 1.29 is 18.3 Å². The van der Waals surface area contributed by atoms with Crippen LogP contribution in [0.1, 0.15) is 25.3 Å². The summed E-state index contributed by atoms with van der Waals surface area (Å²) in [5.41, 5.74) is 0.672. The summed E-state index contributed by atoms with van der Waals surface area (Å²) < 4.78 is 34.3. The van der Waals surface area contributed by atoms with E-state index in [1.54, 1.807) is 18.2 Å². The first kappa shape index (κ1) is 14.7. The third-order valence-corrected chi connectivity index (χ3v) is 2.51. The van der Waals surface area contributed by atoms with E-state index >= 15 is 0 Å². The highest BCUT2D eigenvalue weighted by Crippen LogP contribution is 2.32. The molecule has 0 aliphatic carbocycles. The molecule has 0 bridgehead atoms. The van der Waals surface area contributed by atoms with Gasteiger partial charge in [-0.3, -0.25) is 0 Å². The molecule has 0 saturated heterocycles. The molecule has 0 radical (unpaired) electrons. The predicted molar refractivity (Wildman–Crippen MR) is 66.2 cm³/mol. The summed E-state index contributed by atoms with van der Waals surface area (Å²) >= 11 is 0. The quantitative estimate of drug-likeness (QED) is 0.727. The number of ether oxygens (including phenoxy) is 2. The van der Waals surface area contributed by atoms with Gasteiger partial charge in [-0.15, -0.1) is 0 Å². The first-order valence-electron chi connectivity index (χ1n) is 6.00. The highest BCUT2D eigenvalue weighted by atomic mass is 19.3. The number of rotatable bonds is 8. The van der Waals surface area contributed by atoms with Gasteiger partial charge in [-0.2, -0.15) is 8.78 Å². The molecule has 0 atom stereocenters. The average Bonchev–Trinajstić information content (AvgIpc) is 2.35. The molecule has 0 spiro atoms. The van der Waals surface area contributed by atoms with Crippen LogP contribution in [0.2, 0.25) is 0 Å². The number of nitrogens with one attached hydrogen (secondary N) is 1. The number of halogens is 2. The third-order valence-electron chi connectivity index (χ3n) is 2.51. The summed E-state index contributed by atoms with van der Waals surface area (Å²) in [6.45, 7) is 0.579. The van der Waals surface area contributed by atoms with Gasteiger partial charge in [0.2, 0.25) is 0 Å². The van der Waals surface area contributed by atoms with Crippen LogP contribution >= 0.6 is 0 Å². The van der Waals surface area contributed by atoms with E-state index in [0.29, 0.717) is 17.9 Å². The van der Waals surface area contributed by atoms with Crippen LogP contribution in [0.3, 0.4) is 0 Å². The van der Waals surface area contributed by atoms with Crippen molar-refractivity contribution in [1.29, 1.82) is 0 Å². The average molecular weight is 259 g/mol. The van der Waals surface area contributed by atoms with Crippen LogP contribution < -0.4 is 14.8 Å². The Kier molecular flexibility index (Phi) is 6.43. The largest absolute Gasteiger partial charge is 0.493 e. The van der Waals surface area contributed by atoms with Gasteiger partial charge >= 0.3 is 6.61 Å². The molecule has 0 unspecified atom stereocenters. The number of methoxy groups -OCH3 is 1. The summed E-state index contributed by atoms with van der Waals surface area (Å²) in [6.07, 6.45) is 2.14. The molecule has 0 aromatic heterocycles. The minimum atomic E-state index is -2.85. The Hall–Kier alpha value is -1.36. The van der Waals surface area contributed by atoms with Gasteiger partial charge in [0.25, 0.3) is 0 Å². The van der Waals surface area contributed by atoms with Crippen molar-refractivity contribution >= 4 is 0 Å². The van der Waals surface area contributed by atoms with Gasteiger partial charge in [-0.05, 0) is 19.0 Å². The lowest BCUT2D eigenvalue weighted by atomic mass is 10.2. The van der Waals surface area contributed by atoms with Gasteiger partial charge < -0.3 is 14.8 Å². The van der Waals surface area contributed by atoms with Crippen LogP contribution in [0.15, 0.2) is 18.2 Å². The number of para-hydroxylation sites is 1. The maximum Gasteiger partial charge on any atom is 0.387 e. The van der Waals surface area contributed by atoms with Crippen LogP contribution in [-0.2, 0) is 6.54 Å². The smallest absolute Gasteiger partial charge is 0.387 e. The lowest BCUT2D eigenvalue weighted by Gasteiger charge is -2.14. The number of benzene rings is 1. The molecule has 1 N–H and O–H groups in total. The molecule has 1 rings (SSSR count). The second kappa shape index (κ2) is 7.87. The second-order valence-electron chi connectivity index (χ2n) is 3.86. The first-order valence-corrected chi connectivity index (χ1v) is 6.00. The second-order valence-corrected chi connectivity index (χ2v) is 3.86. The van der Waals surface area contributed by atoms with E-state index in [2.05, 4.69) is 17.0 Å². The van der Waals surface area contributed by atoms with E-state index in [0.717, 1.165) is 19.4 Å². The van der Waals surface area contributed by atoms with Gasteiger partial charge in [0.1, 0.15) is 0 Å². The number of alkyl halides is 2. The minimum Gasteiger partial charge on any atom is -0.493 e. The van der Waals surface area contributed by atoms with Gasteiger partial charge in [-0.1, -0.05) is 25.5 Å². The van der Waals surface area contributed by atoms with E-state index in [1.165, 1.54) is 7.11 Å². The first-order chi connectivity index (χ1) is 8.69. The Bertz CT molecular complexity index is 359.